The summed E-state index contributed by atoms with van der Waals surface area (Å²) in [7, 11) is 0. The van der Waals surface area contributed by atoms with E-state index >= 15 is 0 Å². The molecule has 1 heterocycles. The average Bonchev–Trinajstić information content (AvgIpc) is 2.62. The van der Waals surface area contributed by atoms with Crippen molar-refractivity contribution in [1.29, 1.82) is 0 Å². The summed E-state index contributed by atoms with van der Waals surface area (Å²) in [5.74, 6) is 0. The topological polar surface area (TPSA) is 50.9 Å². The van der Waals surface area contributed by atoms with Gasteiger partial charge in [-0.25, -0.2) is 0 Å². The predicted molar refractivity (Wildman–Crippen MR) is 77.0 cm³/mol. The van der Waals surface area contributed by atoms with Crippen LogP contribution in [0.5, 0.6) is 0 Å². The number of benzene rings is 1. The van der Waals surface area contributed by atoms with Crippen molar-refractivity contribution in [3.63, 3.8) is 0 Å². The van der Waals surface area contributed by atoms with Crippen LogP contribution < -0.4 is 11.1 Å². The van der Waals surface area contributed by atoms with Gasteiger partial charge in [-0.3, -0.25) is 4.98 Å². The first-order valence-electron chi connectivity index (χ1n) is 6.85. The van der Waals surface area contributed by atoms with Crippen molar-refractivity contribution in [1.82, 2.24) is 10.3 Å². The fourth-order valence-corrected chi connectivity index (χ4v) is 2.82. The molecule has 1 atom stereocenters. The van der Waals surface area contributed by atoms with Gasteiger partial charge < -0.3 is 11.1 Å². The Kier molecular flexibility index (Phi) is 3.58. The number of aromatic nitrogens is 1. The molecule has 1 aromatic carbocycles. The second-order valence-corrected chi connectivity index (χ2v) is 4.92. The van der Waals surface area contributed by atoms with Crippen LogP contribution in [0, 0.1) is 0 Å². The number of hydrogen-bond donors (Lipinski definition) is 2. The first-order valence-corrected chi connectivity index (χ1v) is 6.85. The van der Waals surface area contributed by atoms with Gasteiger partial charge in [-0.2, -0.15) is 0 Å². The van der Waals surface area contributed by atoms with Crippen LogP contribution in [-0.2, 0) is 12.8 Å². The summed E-state index contributed by atoms with van der Waals surface area (Å²) in [6, 6.07) is 13.0. The molecule has 19 heavy (non-hydrogen) atoms. The minimum Gasteiger partial charge on any atom is -0.329 e. The maximum absolute atomic E-state index is 5.64. The van der Waals surface area contributed by atoms with Crippen LogP contribution in [0.3, 0.4) is 0 Å². The van der Waals surface area contributed by atoms with E-state index in [1.165, 1.54) is 16.7 Å². The highest BCUT2D eigenvalue weighted by molar-refractivity contribution is 5.41. The summed E-state index contributed by atoms with van der Waals surface area (Å²) in [4.78, 5) is 4.61. The van der Waals surface area contributed by atoms with Gasteiger partial charge in [0.25, 0.3) is 0 Å². The quantitative estimate of drug-likeness (QED) is 0.877. The SMILES string of the molecule is NCCNC1c2ccccc2CCc2cccnc21. The van der Waals surface area contributed by atoms with Crippen molar-refractivity contribution in [2.75, 3.05) is 13.1 Å². The molecular weight excluding hydrogens is 234 g/mol. The van der Waals surface area contributed by atoms with Crippen molar-refractivity contribution in [3.05, 3.63) is 65.0 Å². The highest BCUT2D eigenvalue weighted by atomic mass is 15.0. The number of fused-ring (bicyclic) bond motifs is 2. The van der Waals surface area contributed by atoms with Gasteiger partial charge in [-0.05, 0) is 35.6 Å². The molecule has 1 aliphatic rings. The zero-order valence-electron chi connectivity index (χ0n) is 11.0. The van der Waals surface area contributed by atoms with Crippen molar-refractivity contribution < 1.29 is 0 Å². The lowest BCUT2D eigenvalue weighted by Gasteiger charge is -2.20. The highest BCUT2D eigenvalue weighted by Crippen LogP contribution is 2.30. The second kappa shape index (κ2) is 5.51. The fourth-order valence-electron chi connectivity index (χ4n) is 2.82. The van der Waals surface area contributed by atoms with Crippen LogP contribution in [0.25, 0.3) is 0 Å². The second-order valence-electron chi connectivity index (χ2n) is 4.92. The van der Waals surface area contributed by atoms with Crippen molar-refractivity contribution in [2.45, 2.75) is 18.9 Å². The zero-order valence-corrected chi connectivity index (χ0v) is 11.0. The molecule has 1 aromatic heterocycles. The van der Waals surface area contributed by atoms with Crippen LogP contribution in [-0.4, -0.2) is 18.1 Å². The lowest BCUT2D eigenvalue weighted by Crippen LogP contribution is -2.29. The smallest absolute Gasteiger partial charge is 0.0757 e. The summed E-state index contributed by atoms with van der Waals surface area (Å²) in [6.45, 7) is 1.44. The molecule has 0 fully saturated rings. The third-order valence-electron chi connectivity index (χ3n) is 3.72. The summed E-state index contributed by atoms with van der Waals surface area (Å²) in [5, 5.41) is 3.54. The molecule has 0 aliphatic heterocycles. The van der Waals surface area contributed by atoms with E-state index in [-0.39, 0.29) is 6.04 Å². The molecule has 0 amide bonds. The molecule has 0 spiro atoms. The molecule has 3 N–H and O–H groups in total. The monoisotopic (exact) mass is 253 g/mol. The summed E-state index contributed by atoms with van der Waals surface area (Å²) >= 11 is 0. The van der Waals surface area contributed by atoms with E-state index < -0.39 is 0 Å². The maximum Gasteiger partial charge on any atom is 0.0757 e. The number of hydrogen-bond acceptors (Lipinski definition) is 3. The van der Waals surface area contributed by atoms with E-state index in [9.17, 15) is 0 Å². The minimum atomic E-state index is 0.165. The Hall–Kier alpha value is -1.71. The molecule has 0 bridgehead atoms. The standard InChI is InChI=1S/C16H19N3/c17-9-11-19-16-14-6-2-1-4-12(14)7-8-13-5-3-10-18-15(13)16/h1-6,10,16,19H,7-9,11,17H2. The third-order valence-corrected chi connectivity index (χ3v) is 3.72. The third kappa shape index (κ3) is 2.39. The Morgan fingerprint density at radius 1 is 1.11 bits per heavy atom. The van der Waals surface area contributed by atoms with Crippen molar-refractivity contribution >= 4 is 0 Å². The lowest BCUT2D eigenvalue weighted by molar-refractivity contribution is 0.596. The first kappa shape index (κ1) is 12.3. The van der Waals surface area contributed by atoms with E-state index in [0.29, 0.717) is 6.54 Å². The van der Waals surface area contributed by atoms with Gasteiger partial charge in [-0.15, -0.1) is 0 Å². The molecule has 1 aliphatic carbocycles. The van der Waals surface area contributed by atoms with Gasteiger partial charge in [-0.1, -0.05) is 30.3 Å². The van der Waals surface area contributed by atoms with Crippen LogP contribution in [0.4, 0.5) is 0 Å². The van der Waals surface area contributed by atoms with Gasteiger partial charge in [0.1, 0.15) is 0 Å². The number of rotatable bonds is 3. The van der Waals surface area contributed by atoms with Gasteiger partial charge in [0.2, 0.25) is 0 Å². The van der Waals surface area contributed by atoms with Crippen LogP contribution in [0.15, 0.2) is 42.6 Å². The lowest BCUT2D eigenvalue weighted by atomic mass is 9.98. The largest absolute Gasteiger partial charge is 0.329 e. The molecule has 98 valence electrons. The molecule has 0 saturated heterocycles. The van der Waals surface area contributed by atoms with Crippen molar-refractivity contribution in [3.8, 4) is 0 Å². The number of pyridine rings is 1. The normalized spacial score (nSPS) is 17.4. The molecule has 3 nitrogen and oxygen atoms in total. The summed E-state index contributed by atoms with van der Waals surface area (Å²) in [5.41, 5.74) is 10.9. The van der Waals surface area contributed by atoms with Gasteiger partial charge in [0.05, 0.1) is 11.7 Å². The molecule has 2 aromatic rings. The van der Waals surface area contributed by atoms with Gasteiger partial charge in [0.15, 0.2) is 0 Å². The van der Waals surface area contributed by atoms with Crippen LogP contribution in [0.2, 0.25) is 0 Å². The zero-order chi connectivity index (χ0) is 13.1. The Balaban J connectivity index is 2.08. The number of nitrogens with zero attached hydrogens (tertiary/aromatic N) is 1. The number of aryl methyl sites for hydroxylation is 2. The molecule has 3 heteroatoms. The summed E-state index contributed by atoms with van der Waals surface area (Å²) < 4.78 is 0. The van der Waals surface area contributed by atoms with Gasteiger partial charge >= 0.3 is 0 Å². The molecular formula is C16H19N3. The molecule has 3 rings (SSSR count). The first-order chi connectivity index (χ1) is 9.40. The van der Waals surface area contributed by atoms with Crippen LogP contribution in [0.1, 0.15) is 28.4 Å². The Morgan fingerprint density at radius 2 is 1.89 bits per heavy atom. The molecule has 0 saturated carbocycles. The average molecular weight is 253 g/mol. The number of nitrogens with one attached hydrogen (secondary N) is 1. The predicted octanol–water partition coefficient (Wildman–Crippen LogP) is 1.82. The van der Waals surface area contributed by atoms with Crippen LogP contribution >= 0.6 is 0 Å². The fraction of sp³-hybridized carbons (Fsp3) is 0.312. The Morgan fingerprint density at radius 3 is 2.79 bits per heavy atom. The molecule has 0 radical (unpaired) electrons. The Bertz CT molecular complexity index is 518. The van der Waals surface area contributed by atoms with E-state index in [0.717, 1.165) is 25.1 Å². The van der Waals surface area contributed by atoms with E-state index in [1.807, 2.05) is 12.3 Å². The number of nitrogens with two attached hydrogens (primary N) is 1. The van der Waals surface area contributed by atoms with E-state index in [1.54, 1.807) is 0 Å². The van der Waals surface area contributed by atoms with E-state index in [4.69, 9.17) is 5.73 Å². The maximum atomic E-state index is 5.64. The van der Waals surface area contributed by atoms with Crippen molar-refractivity contribution in [2.24, 2.45) is 5.73 Å². The minimum absolute atomic E-state index is 0.165. The Labute approximate surface area is 113 Å². The highest BCUT2D eigenvalue weighted by Gasteiger charge is 2.23. The van der Waals surface area contributed by atoms with Gasteiger partial charge in [0, 0.05) is 19.3 Å². The molecule has 1 unspecified atom stereocenters. The summed E-state index contributed by atoms with van der Waals surface area (Å²) in [6.07, 6.45) is 4.01. The van der Waals surface area contributed by atoms with E-state index in [2.05, 4.69) is 40.6 Å².